The lowest BCUT2D eigenvalue weighted by Gasteiger charge is -2.34. The molecule has 1 fully saturated rings. The highest BCUT2D eigenvalue weighted by molar-refractivity contribution is 5.94. The van der Waals surface area contributed by atoms with Crippen LogP contribution in [0, 0.1) is 13.8 Å². The smallest absolute Gasteiger partial charge is 0.242 e. The van der Waals surface area contributed by atoms with E-state index < -0.39 is 74.7 Å². The largest absolute Gasteiger partial charge is 0.493 e. The van der Waals surface area contributed by atoms with Gasteiger partial charge in [-0.25, -0.2) is 0 Å². The SMILES string of the molecule is COc1ccc(CN2CC(=O)N(CCCN)CC(=O)N(Cc3ccc(C)c(C)c3)CC(=O)N(CCCN)CC(=O)N(Cc3ccc(OC)c(OC)c3)CC(=O)N(CCCN)CC2=O)cc1OC. The van der Waals surface area contributed by atoms with Gasteiger partial charge in [-0.3, -0.25) is 28.8 Å². The molecule has 19 heteroatoms. The van der Waals surface area contributed by atoms with E-state index >= 15 is 0 Å². The highest BCUT2D eigenvalue weighted by atomic mass is 16.5. The molecule has 3 aromatic carbocycles. The van der Waals surface area contributed by atoms with E-state index in [1.165, 1.54) is 57.8 Å². The molecule has 19 nitrogen and oxygen atoms in total. The average molecular weight is 932 g/mol. The minimum Gasteiger partial charge on any atom is -0.493 e. The van der Waals surface area contributed by atoms with Gasteiger partial charge in [-0.2, -0.15) is 0 Å². The van der Waals surface area contributed by atoms with Crippen LogP contribution in [-0.4, -0.2) is 172 Å². The van der Waals surface area contributed by atoms with Crippen molar-refractivity contribution < 1.29 is 47.7 Å². The molecule has 6 N–H and O–H groups in total. The van der Waals surface area contributed by atoms with Crippen molar-refractivity contribution >= 4 is 35.4 Å². The summed E-state index contributed by atoms with van der Waals surface area (Å²) in [5, 5.41) is 0. The summed E-state index contributed by atoms with van der Waals surface area (Å²) in [6.45, 7) is 1.86. The Morgan fingerprint density at radius 2 is 0.672 bits per heavy atom. The van der Waals surface area contributed by atoms with Gasteiger partial charge in [0, 0.05) is 39.3 Å². The highest BCUT2D eigenvalue weighted by Crippen LogP contribution is 2.29. The van der Waals surface area contributed by atoms with Crippen molar-refractivity contribution in [2.45, 2.75) is 52.7 Å². The molecule has 0 radical (unpaired) electrons. The molecule has 366 valence electrons. The van der Waals surface area contributed by atoms with E-state index in [1.807, 2.05) is 32.0 Å². The molecule has 67 heavy (non-hydrogen) atoms. The summed E-state index contributed by atoms with van der Waals surface area (Å²) < 4.78 is 21.9. The van der Waals surface area contributed by atoms with Crippen LogP contribution in [0.25, 0.3) is 0 Å². The van der Waals surface area contributed by atoms with E-state index in [9.17, 15) is 28.8 Å². The number of hydrogen-bond donors (Lipinski definition) is 3. The van der Waals surface area contributed by atoms with Crippen LogP contribution < -0.4 is 36.1 Å². The lowest BCUT2D eigenvalue weighted by molar-refractivity contribution is -0.150. The summed E-state index contributed by atoms with van der Waals surface area (Å²) in [6, 6.07) is 15.9. The maximum absolute atomic E-state index is 14.6. The molecule has 0 aliphatic carbocycles. The summed E-state index contributed by atoms with van der Waals surface area (Å²) in [5.41, 5.74) is 21.7. The number of hydrogen-bond acceptors (Lipinski definition) is 13. The van der Waals surface area contributed by atoms with Crippen LogP contribution in [0.3, 0.4) is 0 Å². The highest BCUT2D eigenvalue weighted by Gasteiger charge is 2.32. The molecular weight excluding hydrogens is 863 g/mol. The number of nitrogens with two attached hydrogens (primary N) is 3. The van der Waals surface area contributed by atoms with Crippen molar-refractivity contribution in [2.75, 3.05) is 107 Å². The fraction of sp³-hybridized carbons (Fsp3) is 0.500. The Kier molecular flexibility index (Phi) is 21.1. The number of methoxy groups -OCH3 is 4. The Bertz CT molecular complexity index is 2110. The molecule has 1 heterocycles. The van der Waals surface area contributed by atoms with Gasteiger partial charge in [-0.15, -0.1) is 0 Å². The molecule has 4 rings (SSSR count). The van der Waals surface area contributed by atoms with E-state index in [0.717, 1.165) is 16.7 Å². The summed E-state index contributed by atoms with van der Waals surface area (Å²) in [4.78, 5) is 95.3. The minimum atomic E-state index is -0.576. The zero-order chi connectivity index (χ0) is 49.0. The molecule has 6 amide bonds. The van der Waals surface area contributed by atoms with E-state index in [-0.39, 0.29) is 58.9 Å². The standard InChI is InChI=1S/C48H69N9O10/c1-34-10-11-36(22-35(34)2)25-55-31-43(58)53(20-8-17-50)29-47(62)57(27-38-13-15-40(65-4)42(24-38)67-6)33-45(60)54(21-9-18-51)30-48(63)56(26-37-12-14-39(64-3)41(23-37)66-5)32-44(59)52(19-7-16-49)28-46(55)61/h10-15,22-24H,7-9,16-21,25-33,49-51H2,1-6H3. The first kappa shape index (κ1) is 53.2. The van der Waals surface area contributed by atoms with Crippen LogP contribution in [0.4, 0.5) is 0 Å². The fourth-order valence-corrected chi connectivity index (χ4v) is 7.52. The first-order chi connectivity index (χ1) is 32.2. The van der Waals surface area contributed by atoms with Gasteiger partial charge in [0.2, 0.25) is 35.4 Å². The number of amides is 6. The summed E-state index contributed by atoms with van der Waals surface area (Å²) >= 11 is 0. The van der Waals surface area contributed by atoms with Gasteiger partial charge < -0.3 is 65.5 Å². The molecular formula is C48H69N9O10. The Hall–Kier alpha value is -6.44. The minimum absolute atomic E-state index is 0.0196. The molecule has 1 saturated heterocycles. The number of nitrogens with zero attached hydrogens (tertiary/aromatic N) is 6. The van der Waals surface area contributed by atoms with Crippen LogP contribution in [0.5, 0.6) is 23.0 Å². The Morgan fingerprint density at radius 1 is 0.388 bits per heavy atom. The van der Waals surface area contributed by atoms with Crippen molar-refractivity contribution in [3.05, 3.63) is 82.4 Å². The van der Waals surface area contributed by atoms with Gasteiger partial charge in [0.1, 0.15) is 19.6 Å². The number of benzene rings is 3. The third kappa shape index (κ3) is 15.6. The van der Waals surface area contributed by atoms with Gasteiger partial charge in [-0.1, -0.05) is 30.3 Å². The first-order valence-corrected chi connectivity index (χ1v) is 22.4. The van der Waals surface area contributed by atoms with E-state index in [1.54, 1.807) is 36.4 Å². The van der Waals surface area contributed by atoms with Gasteiger partial charge in [0.15, 0.2) is 23.0 Å². The van der Waals surface area contributed by atoms with Crippen LogP contribution in [0.15, 0.2) is 54.6 Å². The van der Waals surface area contributed by atoms with E-state index in [4.69, 9.17) is 36.1 Å². The molecule has 0 bridgehead atoms. The maximum atomic E-state index is 14.6. The van der Waals surface area contributed by atoms with Crippen molar-refractivity contribution in [2.24, 2.45) is 17.2 Å². The summed E-state index contributed by atoms with van der Waals surface area (Å²) in [6.07, 6.45) is 1.01. The molecule has 1 aliphatic heterocycles. The monoisotopic (exact) mass is 932 g/mol. The predicted molar refractivity (Wildman–Crippen MR) is 252 cm³/mol. The quantitative estimate of drug-likeness (QED) is 0.154. The molecule has 1 aliphatic rings. The molecule has 0 saturated carbocycles. The number of aryl methyl sites for hydroxylation is 2. The molecule has 0 atom stereocenters. The second kappa shape index (κ2) is 26.6. The number of carbonyl (C=O) groups excluding carboxylic acids is 6. The topological polar surface area (TPSA) is 237 Å². The average Bonchev–Trinajstić information content (AvgIpc) is 3.32. The third-order valence-electron chi connectivity index (χ3n) is 11.6. The molecule has 0 unspecified atom stereocenters. The number of rotatable bonds is 19. The van der Waals surface area contributed by atoms with Gasteiger partial charge in [0.25, 0.3) is 0 Å². The zero-order valence-electron chi connectivity index (χ0n) is 39.9. The number of carbonyl (C=O) groups is 6. The fourth-order valence-electron chi connectivity index (χ4n) is 7.52. The Labute approximate surface area is 393 Å². The second-order valence-electron chi connectivity index (χ2n) is 16.4. The maximum Gasteiger partial charge on any atom is 0.242 e. The van der Waals surface area contributed by atoms with Crippen LogP contribution in [0.1, 0.15) is 47.1 Å². The van der Waals surface area contributed by atoms with E-state index in [2.05, 4.69) is 0 Å². The molecule has 3 aromatic rings. The Morgan fingerprint density at radius 3 is 0.970 bits per heavy atom. The van der Waals surface area contributed by atoms with Crippen molar-refractivity contribution in [1.82, 2.24) is 29.4 Å². The van der Waals surface area contributed by atoms with Crippen molar-refractivity contribution in [1.29, 1.82) is 0 Å². The van der Waals surface area contributed by atoms with Crippen LogP contribution in [0.2, 0.25) is 0 Å². The van der Waals surface area contributed by atoms with Crippen LogP contribution in [-0.2, 0) is 48.4 Å². The van der Waals surface area contributed by atoms with Crippen LogP contribution >= 0.6 is 0 Å². The lowest BCUT2D eigenvalue weighted by atomic mass is 10.1. The third-order valence-corrected chi connectivity index (χ3v) is 11.6. The van der Waals surface area contributed by atoms with Gasteiger partial charge in [-0.05, 0) is 105 Å². The van der Waals surface area contributed by atoms with Crippen molar-refractivity contribution in [3.63, 3.8) is 0 Å². The molecule has 0 spiro atoms. The van der Waals surface area contributed by atoms with Gasteiger partial charge in [0.05, 0.1) is 48.1 Å². The summed E-state index contributed by atoms with van der Waals surface area (Å²) in [7, 11) is 5.96. The van der Waals surface area contributed by atoms with Gasteiger partial charge >= 0.3 is 0 Å². The Balaban J connectivity index is 1.87. The number of ether oxygens (including phenoxy) is 4. The van der Waals surface area contributed by atoms with Crippen molar-refractivity contribution in [3.8, 4) is 23.0 Å². The molecule has 0 aromatic heterocycles. The summed E-state index contributed by atoms with van der Waals surface area (Å²) in [5.74, 6) is -1.62. The second-order valence-corrected chi connectivity index (χ2v) is 16.4. The predicted octanol–water partition coefficient (Wildman–Crippen LogP) is 1.27. The normalized spacial score (nSPS) is 15.3. The zero-order valence-corrected chi connectivity index (χ0v) is 39.9. The first-order valence-electron chi connectivity index (χ1n) is 22.4. The van der Waals surface area contributed by atoms with E-state index in [0.29, 0.717) is 53.4 Å². The lowest BCUT2D eigenvalue weighted by Crippen LogP contribution is -2.53.